The molecule has 6 heteroatoms. The summed E-state index contributed by atoms with van der Waals surface area (Å²) < 4.78 is 15.3. The lowest BCUT2D eigenvalue weighted by molar-refractivity contribution is 0.0720. The number of aromatic nitrogens is 3. The number of likely N-dealkylation sites (tertiary alicyclic amines) is 1. The first-order valence-electron chi connectivity index (χ1n) is 7.99. The lowest BCUT2D eigenvalue weighted by Crippen LogP contribution is -2.32. The second kappa shape index (κ2) is 5.70. The van der Waals surface area contributed by atoms with E-state index in [4.69, 9.17) is 0 Å². The van der Waals surface area contributed by atoms with E-state index in [0.29, 0.717) is 17.8 Å². The molecule has 0 saturated carbocycles. The highest BCUT2D eigenvalue weighted by atomic mass is 19.1. The number of halogens is 1. The third-order valence-corrected chi connectivity index (χ3v) is 4.69. The largest absolute Gasteiger partial charge is 0.331 e. The Bertz CT molecular complexity index is 907. The number of nitrogens with zero attached hydrogens (tertiary/aromatic N) is 4. The van der Waals surface area contributed by atoms with Gasteiger partial charge in [-0.3, -0.25) is 9.20 Å². The van der Waals surface area contributed by atoms with Gasteiger partial charge in [0.15, 0.2) is 5.65 Å². The van der Waals surface area contributed by atoms with Crippen LogP contribution in [0.4, 0.5) is 4.39 Å². The van der Waals surface area contributed by atoms with Gasteiger partial charge in [-0.1, -0.05) is 19.1 Å². The van der Waals surface area contributed by atoms with E-state index in [-0.39, 0.29) is 23.7 Å². The van der Waals surface area contributed by atoms with E-state index in [1.165, 1.54) is 12.1 Å². The maximum absolute atomic E-state index is 13.6. The molecule has 1 aliphatic rings. The molecule has 0 spiro atoms. The van der Waals surface area contributed by atoms with E-state index in [2.05, 4.69) is 17.1 Å². The van der Waals surface area contributed by atoms with Gasteiger partial charge in [-0.15, -0.1) is 10.2 Å². The van der Waals surface area contributed by atoms with Crippen LogP contribution < -0.4 is 0 Å². The molecule has 0 N–H and O–H groups in total. The van der Waals surface area contributed by atoms with Crippen molar-refractivity contribution in [1.29, 1.82) is 0 Å². The first kappa shape index (κ1) is 14.8. The van der Waals surface area contributed by atoms with Crippen LogP contribution in [-0.4, -0.2) is 31.9 Å². The molecule has 0 bridgehead atoms. The molecule has 1 aliphatic heterocycles. The number of carbonyl (C=O) groups excluding carboxylic acids is 1. The molecule has 5 nitrogen and oxygen atoms in total. The highest BCUT2D eigenvalue weighted by molar-refractivity contribution is 5.94. The van der Waals surface area contributed by atoms with Crippen molar-refractivity contribution in [2.75, 3.05) is 6.54 Å². The fourth-order valence-corrected chi connectivity index (χ4v) is 3.49. The Kier molecular flexibility index (Phi) is 3.52. The quantitative estimate of drug-likeness (QED) is 0.728. The zero-order valence-electron chi connectivity index (χ0n) is 13.3. The van der Waals surface area contributed by atoms with Crippen LogP contribution in [0.25, 0.3) is 5.65 Å². The zero-order chi connectivity index (χ0) is 16.7. The van der Waals surface area contributed by atoms with Crippen LogP contribution in [0.1, 0.15) is 35.3 Å². The number of benzene rings is 1. The minimum Gasteiger partial charge on any atom is -0.331 e. The average Bonchev–Trinajstić information content (AvgIpc) is 3.19. The van der Waals surface area contributed by atoms with Crippen molar-refractivity contribution in [3.8, 4) is 0 Å². The molecule has 2 aromatic heterocycles. The fraction of sp³-hybridized carbons (Fsp3) is 0.278. The molecule has 0 radical (unpaired) electrons. The molecule has 24 heavy (non-hydrogen) atoms. The molecule has 3 aromatic rings. The van der Waals surface area contributed by atoms with Gasteiger partial charge >= 0.3 is 0 Å². The Morgan fingerprint density at radius 3 is 3.00 bits per heavy atom. The van der Waals surface area contributed by atoms with E-state index < -0.39 is 0 Å². The number of carbonyl (C=O) groups is 1. The summed E-state index contributed by atoms with van der Waals surface area (Å²) in [5, 5.41) is 7.78. The van der Waals surface area contributed by atoms with Crippen molar-refractivity contribution in [3.63, 3.8) is 0 Å². The number of pyridine rings is 1. The Morgan fingerprint density at radius 2 is 2.17 bits per heavy atom. The van der Waals surface area contributed by atoms with Gasteiger partial charge in [-0.25, -0.2) is 4.39 Å². The molecule has 3 heterocycles. The van der Waals surface area contributed by atoms with Crippen molar-refractivity contribution in [2.24, 2.45) is 5.92 Å². The second-order valence-electron chi connectivity index (χ2n) is 6.28. The van der Waals surface area contributed by atoms with Gasteiger partial charge in [-0.05, 0) is 42.2 Å². The first-order valence-corrected chi connectivity index (χ1v) is 7.99. The summed E-state index contributed by atoms with van der Waals surface area (Å²) in [4.78, 5) is 14.8. The van der Waals surface area contributed by atoms with Gasteiger partial charge in [0.05, 0.1) is 11.6 Å². The predicted octanol–water partition coefficient (Wildman–Crippen LogP) is 3.09. The molecule has 1 aromatic carbocycles. The van der Waals surface area contributed by atoms with Gasteiger partial charge in [-0.2, -0.15) is 0 Å². The maximum atomic E-state index is 13.6. The number of hydrogen-bond donors (Lipinski definition) is 0. The molecule has 1 fully saturated rings. The normalized spacial score (nSPS) is 20.7. The number of hydrogen-bond acceptors (Lipinski definition) is 3. The maximum Gasteiger partial charge on any atom is 0.255 e. The molecular weight excluding hydrogens is 307 g/mol. The first-order chi connectivity index (χ1) is 11.6. The third kappa shape index (κ3) is 2.44. The van der Waals surface area contributed by atoms with Crippen LogP contribution in [0.15, 0.2) is 48.9 Å². The summed E-state index contributed by atoms with van der Waals surface area (Å²) in [6.07, 6.45) is 4.22. The summed E-state index contributed by atoms with van der Waals surface area (Å²) >= 11 is 0. The smallest absolute Gasteiger partial charge is 0.255 e. The SMILES string of the molecule is CC1CCN(C(=O)c2ccc3nncn3c2)C1c1cccc(F)c1. The fourth-order valence-electron chi connectivity index (χ4n) is 3.49. The summed E-state index contributed by atoms with van der Waals surface area (Å²) in [7, 11) is 0. The Morgan fingerprint density at radius 1 is 1.29 bits per heavy atom. The van der Waals surface area contributed by atoms with Crippen molar-refractivity contribution in [3.05, 3.63) is 65.9 Å². The summed E-state index contributed by atoms with van der Waals surface area (Å²) in [6.45, 7) is 2.77. The highest BCUT2D eigenvalue weighted by Crippen LogP contribution is 2.38. The molecule has 1 saturated heterocycles. The minimum atomic E-state index is -0.273. The number of rotatable bonds is 2. The van der Waals surface area contributed by atoms with Gasteiger partial charge < -0.3 is 4.90 Å². The van der Waals surface area contributed by atoms with Crippen molar-refractivity contribution in [2.45, 2.75) is 19.4 Å². The lowest BCUT2D eigenvalue weighted by atomic mass is 9.95. The van der Waals surface area contributed by atoms with E-state index >= 15 is 0 Å². The Hall–Kier alpha value is -2.76. The lowest BCUT2D eigenvalue weighted by Gasteiger charge is -2.27. The second-order valence-corrected chi connectivity index (χ2v) is 6.28. The van der Waals surface area contributed by atoms with E-state index in [0.717, 1.165) is 12.0 Å². The predicted molar refractivity (Wildman–Crippen MR) is 86.9 cm³/mol. The van der Waals surface area contributed by atoms with Crippen molar-refractivity contribution >= 4 is 11.6 Å². The van der Waals surface area contributed by atoms with Gasteiger partial charge in [0.2, 0.25) is 0 Å². The number of fused-ring (bicyclic) bond motifs is 1. The molecule has 0 aliphatic carbocycles. The standard InChI is InChI=1S/C18H17FN4O/c1-12-7-8-23(17(12)13-3-2-4-15(19)9-13)18(24)14-5-6-16-21-20-11-22(16)10-14/h2-6,9-12,17H,7-8H2,1H3. The van der Waals surface area contributed by atoms with Crippen LogP contribution in [0.3, 0.4) is 0 Å². The van der Waals surface area contributed by atoms with E-state index in [1.54, 1.807) is 35.1 Å². The number of amides is 1. The molecule has 122 valence electrons. The van der Waals surface area contributed by atoms with Crippen molar-refractivity contribution < 1.29 is 9.18 Å². The van der Waals surface area contributed by atoms with Crippen LogP contribution in [0.5, 0.6) is 0 Å². The van der Waals surface area contributed by atoms with Gasteiger partial charge in [0, 0.05) is 12.7 Å². The minimum absolute atomic E-state index is 0.0517. The summed E-state index contributed by atoms with van der Waals surface area (Å²) in [6, 6.07) is 9.96. The topological polar surface area (TPSA) is 50.5 Å². The van der Waals surface area contributed by atoms with Crippen LogP contribution in [0, 0.1) is 11.7 Å². The Balaban J connectivity index is 1.69. The molecule has 4 rings (SSSR count). The van der Waals surface area contributed by atoms with Crippen LogP contribution in [0.2, 0.25) is 0 Å². The van der Waals surface area contributed by atoms with Crippen LogP contribution in [-0.2, 0) is 0 Å². The molecular formula is C18H17FN4O. The van der Waals surface area contributed by atoms with E-state index in [9.17, 15) is 9.18 Å². The monoisotopic (exact) mass is 324 g/mol. The summed E-state index contributed by atoms with van der Waals surface area (Å²) in [5.74, 6) is -0.0384. The zero-order valence-corrected chi connectivity index (χ0v) is 13.3. The van der Waals surface area contributed by atoms with E-state index in [1.807, 2.05) is 11.0 Å². The molecule has 2 unspecified atom stereocenters. The summed E-state index contributed by atoms with van der Waals surface area (Å²) in [5.41, 5.74) is 2.12. The highest BCUT2D eigenvalue weighted by Gasteiger charge is 2.36. The third-order valence-electron chi connectivity index (χ3n) is 4.69. The Labute approximate surface area is 138 Å². The van der Waals surface area contributed by atoms with Crippen LogP contribution >= 0.6 is 0 Å². The average molecular weight is 324 g/mol. The van der Waals surface area contributed by atoms with Gasteiger partial charge in [0.1, 0.15) is 12.1 Å². The molecule has 1 amide bonds. The van der Waals surface area contributed by atoms with Gasteiger partial charge in [0.25, 0.3) is 5.91 Å². The van der Waals surface area contributed by atoms with Crippen molar-refractivity contribution in [1.82, 2.24) is 19.5 Å². The molecule has 2 atom stereocenters.